The lowest BCUT2D eigenvalue weighted by Crippen LogP contribution is -2.49. The maximum atomic E-state index is 12.8. The van der Waals surface area contributed by atoms with Gasteiger partial charge >= 0.3 is 0 Å². The molecule has 1 atom stereocenters. The molecule has 1 unspecified atom stereocenters. The molecule has 2 rings (SSSR count). The van der Waals surface area contributed by atoms with Crippen LogP contribution in [0.15, 0.2) is 48.5 Å². The lowest BCUT2D eigenvalue weighted by molar-refractivity contribution is -0.142. The van der Waals surface area contributed by atoms with Gasteiger partial charge in [-0.1, -0.05) is 42.3 Å². The summed E-state index contributed by atoms with van der Waals surface area (Å²) in [6.45, 7) is 1.97. The Bertz CT molecular complexity index is 764. The molecule has 0 saturated carbocycles. The molecule has 0 aliphatic carbocycles. The van der Waals surface area contributed by atoms with E-state index in [2.05, 4.69) is 5.32 Å². The maximum absolute atomic E-state index is 12.8. The van der Waals surface area contributed by atoms with Gasteiger partial charge in [0.25, 0.3) is 5.91 Å². The van der Waals surface area contributed by atoms with Gasteiger partial charge in [0, 0.05) is 23.6 Å². The highest BCUT2D eigenvalue weighted by Crippen LogP contribution is 2.18. The summed E-state index contributed by atoms with van der Waals surface area (Å²) in [6, 6.07) is 13.3. The third-order valence-electron chi connectivity index (χ3n) is 4.07. The molecule has 0 spiro atoms. The number of likely N-dealkylation sites (N-methyl/N-ethyl adjacent to an activating group) is 1. The van der Waals surface area contributed by atoms with Gasteiger partial charge in [-0.25, -0.2) is 0 Å². The van der Waals surface area contributed by atoms with E-state index >= 15 is 0 Å². The summed E-state index contributed by atoms with van der Waals surface area (Å²) in [5.41, 5.74) is 0.876. The topological polar surface area (TPSA) is 58.6 Å². The zero-order chi connectivity index (χ0) is 19.8. The van der Waals surface area contributed by atoms with Crippen molar-refractivity contribution < 1.29 is 14.3 Å². The molecule has 27 heavy (non-hydrogen) atoms. The number of nitrogens with one attached hydrogen (secondary N) is 1. The number of hydrogen-bond donors (Lipinski definition) is 1. The van der Waals surface area contributed by atoms with Crippen LogP contribution in [0.4, 0.5) is 0 Å². The SMILES string of the molecule is CCC(C(=O)NC)N(Cc1ccc(Cl)cc1)C(=O)COc1ccc(Cl)cc1. The summed E-state index contributed by atoms with van der Waals surface area (Å²) in [5.74, 6) is 0.0360. The smallest absolute Gasteiger partial charge is 0.261 e. The molecule has 0 heterocycles. The molecule has 0 aromatic heterocycles. The Morgan fingerprint density at radius 2 is 1.59 bits per heavy atom. The van der Waals surface area contributed by atoms with Gasteiger partial charge in [-0.05, 0) is 48.4 Å². The van der Waals surface area contributed by atoms with Gasteiger partial charge in [0.05, 0.1) is 0 Å². The number of rotatable bonds is 8. The van der Waals surface area contributed by atoms with Crippen LogP contribution in [0.2, 0.25) is 10.0 Å². The quantitative estimate of drug-likeness (QED) is 0.719. The molecule has 0 radical (unpaired) electrons. The Hall–Kier alpha value is -2.24. The fraction of sp³-hybridized carbons (Fsp3) is 0.300. The van der Waals surface area contributed by atoms with Crippen molar-refractivity contribution in [1.82, 2.24) is 10.2 Å². The van der Waals surface area contributed by atoms with E-state index in [9.17, 15) is 9.59 Å². The van der Waals surface area contributed by atoms with E-state index in [0.717, 1.165) is 5.56 Å². The lowest BCUT2D eigenvalue weighted by atomic mass is 10.1. The first kappa shape index (κ1) is 21.1. The number of carbonyl (C=O) groups excluding carboxylic acids is 2. The van der Waals surface area contributed by atoms with E-state index in [4.69, 9.17) is 27.9 Å². The van der Waals surface area contributed by atoms with Crippen molar-refractivity contribution in [2.45, 2.75) is 25.9 Å². The van der Waals surface area contributed by atoms with E-state index in [0.29, 0.717) is 22.2 Å². The molecule has 2 amide bonds. The van der Waals surface area contributed by atoms with Gasteiger partial charge in [-0.2, -0.15) is 0 Å². The van der Waals surface area contributed by atoms with Gasteiger partial charge in [0.2, 0.25) is 5.91 Å². The van der Waals surface area contributed by atoms with E-state index < -0.39 is 6.04 Å². The van der Waals surface area contributed by atoms with Crippen LogP contribution in [-0.4, -0.2) is 36.4 Å². The summed E-state index contributed by atoms with van der Waals surface area (Å²) >= 11 is 11.8. The molecule has 0 saturated heterocycles. The van der Waals surface area contributed by atoms with Gasteiger partial charge in [0.15, 0.2) is 6.61 Å². The Kier molecular flexibility index (Phi) is 7.95. The molecule has 2 aromatic carbocycles. The van der Waals surface area contributed by atoms with Crippen LogP contribution in [0.1, 0.15) is 18.9 Å². The highest BCUT2D eigenvalue weighted by Gasteiger charge is 2.28. The number of halogens is 2. The van der Waals surface area contributed by atoms with Gasteiger partial charge in [-0.3, -0.25) is 9.59 Å². The van der Waals surface area contributed by atoms with Crippen LogP contribution in [0.5, 0.6) is 5.75 Å². The Morgan fingerprint density at radius 3 is 2.11 bits per heavy atom. The summed E-state index contributed by atoms with van der Waals surface area (Å²) in [5, 5.41) is 3.82. The second-order valence-corrected chi connectivity index (χ2v) is 6.80. The third kappa shape index (κ3) is 6.15. The van der Waals surface area contributed by atoms with Gasteiger partial charge in [0.1, 0.15) is 11.8 Å². The zero-order valence-electron chi connectivity index (χ0n) is 15.2. The van der Waals surface area contributed by atoms with Crippen molar-refractivity contribution in [2.75, 3.05) is 13.7 Å². The van der Waals surface area contributed by atoms with E-state index in [1.807, 2.05) is 19.1 Å². The van der Waals surface area contributed by atoms with Crippen molar-refractivity contribution in [3.05, 3.63) is 64.1 Å². The van der Waals surface area contributed by atoms with Crippen LogP contribution >= 0.6 is 23.2 Å². The minimum atomic E-state index is -0.591. The largest absolute Gasteiger partial charge is 0.484 e. The number of carbonyl (C=O) groups is 2. The van der Waals surface area contributed by atoms with Gasteiger partial charge < -0.3 is 15.0 Å². The predicted molar refractivity (Wildman–Crippen MR) is 107 cm³/mol. The fourth-order valence-corrected chi connectivity index (χ4v) is 2.88. The summed E-state index contributed by atoms with van der Waals surface area (Å²) in [4.78, 5) is 26.6. The first-order valence-electron chi connectivity index (χ1n) is 8.58. The highest BCUT2D eigenvalue weighted by atomic mass is 35.5. The molecule has 2 aromatic rings. The van der Waals surface area contributed by atoms with Crippen molar-refractivity contribution in [2.24, 2.45) is 0 Å². The monoisotopic (exact) mass is 408 g/mol. The second kappa shape index (κ2) is 10.2. The van der Waals surface area contributed by atoms with Crippen LogP contribution in [0.25, 0.3) is 0 Å². The van der Waals surface area contributed by atoms with Crippen molar-refractivity contribution in [3.63, 3.8) is 0 Å². The van der Waals surface area contributed by atoms with Crippen LogP contribution in [0, 0.1) is 0 Å². The number of ether oxygens (including phenoxy) is 1. The summed E-state index contributed by atoms with van der Waals surface area (Å²) in [7, 11) is 1.56. The van der Waals surface area contributed by atoms with Crippen LogP contribution in [-0.2, 0) is 16.1 Å². The first-order chi connectivity index (χ1) is 12.9. The third-order valence-corrected chi connectivity index (χ3v) is 4.58. The number of hydrogen-bond acceptors (Lipinski definition) is 3. The molecule has 1 N–H and O–H groups in total. The Morgan fingerprint density at radius 1 is 1.04 bits per heavy atom. The fourth-order valence-electron chi connectivity index (χ4n) is 2.63. The average Bonchev–Trinajstić information content (AvgIpc) is 2.68. The first-order valence-corrected chi connectivity index (χ1v) is 9.34. The van der Waals surface area contributed by atoms with E-state index in [1.165, 1.54) is 4.90 Å². The molecule has 0 aliphatic heterocycles. The van der Waals surface area contributed by atoms with E-state index in [-0.39, 0.29) is 25.0 Å². The van der Waals surface area contributed by atoms with Crippen LogP contribution < -0.4 is 10.1 Å². The van der Waals surface area contributed by atoms with Gasteiger partial charge in [-0.15, -0.1) is 0 Å². The van der Waals surface area contributed by atoms with E-state index in [1.54, 1.807) is 43.4 Å². The Balaban J connectivity index is 2.15. The number of amides is 2. The minimum Gasteiger partial charge on any atom is -0.484 e. The van der Waals surface area contributed by atoms with Crippen molar-refractivity contribution in [1.29, 1.82) is 0 Å². The maximum Gasteiger partial charge on any atom is 0.261 e. The minimum absolute atomic E-state index is 0.178. The summed E-state index contributed by atoms with van der Waals surface area (Å²) in [6.07, 6.45) is 0.486. The molecule has 0 bridgehead atoms. The molecule has 0 fully saturated rings. The zero-order valence-corrected chi connectivity index (χ0v) is 16.8. The molecule has 7 heteroatoms. The number of benzene rings is 2. The highest BCUT2D eigenvalue weighted by molar-refractivity contribution is 6.30. The standard InChI is InChI=1S/C20H22Cl2N2O3/c1-3-18(20(26)23-2)24(12-14-4-6-15(21)7-5-14)19(25)13-27-17-10-8-16(22)9-11-17/h4-11,18H,3,12-13H2,1-2H3,(H,23,26). The molecular formula is C20H22Cl2N2O3. The molecule has 144 valence electrons. The Labute approximate surface area is 169 Å². The normalized spacial score (nSPS) is 11.6. The van der Waals surface area contributed by atoms with Crippen molar-refractivity contribution in [3.8, 4) is 5.75 Å². The molecule has 5 nitrogen and oxygen atoms in total. The molecular weight excluding hydrogens is 387 g/mol. The van der Waals surface area contributed by atoms with Crippen LogP contribution in [0.3, 0.4) is 0 Å². The number of nitrogens with zero attached hydrogens (tertiary/aromatic N) is 1. The van der Waals surface area contributed by atoms with Crippen molar-refractivity contribution >= 4 is 35.0 Å². The lowest BCUT2D eigenvalue weighted by Gasteiger charge is -2.30. The predicted octanol–water partition coefficient (Wildman–Crippen LogP) is 3.93. The molecule has 0 aliphatic rings. The average molecular weight is 409 g/mol. The summed E-state index contributed by atoms with van der Waals surface area (Å²) < 4.78 is 5.57. The second-order valence-electron chi connectivity index (χ2n) is 5.93.